The van der Waals surface area contributed by atoms with Crippen molar-refractivity contribution in [2.24, 2.45) is 0 Å². The van der Waals surface area contributed by atoms with Crippen LogP contribution >= 0.6 is 11.3 Å². The lowest BCUT2D eigenvalue weighted by atomic mass is 9.84. The number of benzene rings is 1. The zero-order chi connectivity index (χ0) is 19.9. The third-order valence-electron chi connectivity index (χ3n) is 5.09. The molecule has 3 aromatic rings. The molecule has 0 fully saturated rings. The van der Waals surface area contributed by atoms with E-state index in [1.165, 1.54) is 11.3 Å². The predicted molar refractivity (Wildman–Crippen MR) is 105 cm³/mol. The van der Waals surface area contributed by atoms with Gasteiger partial charge in [0.15, 0.2) is 0 Å². The van der Waals surface area contributed by atoms with E-state index in [1.54, 1.807) is 10.9 Å². The summed E-state index contributed by atoms with van der Waals surface area (Å²) in [6, 6.07) is 11.8. The first kappa shape index (κ1) is 18.8. The van der Waals surface area contributed by atoms with E-state index >= 15 is 0 Å². The second-order valence-electron chi connectivity index (χ2n) is 7.01. The highest BCUT2D eigenvalue weighted by Crippen LogP contribution is 2.42. The zero-order valence-corrected chi connectivity index (χ0v) is 16.5. The maximum absolute atomic E-state index is 14.3. The molecule has 28 heavy (non-hydrogen) atoms. The van der Waals surface area contributed by atoms with E-state index in [4.69, 9.17) is 0 Å². The van der Waals surface area contributed by atoms with Gasteiger partial charge in [0.05, 0.1) is 0 Å². The molecule has 4 rings (SSSR count). The molecule has 0 unspecified atom stereocenters. The van der Waals surface area contributed by atoms with Crippen molar-refractivity contribution < 1.29 is 8.78 Å². The molecule has 3 heterocycles. The minimum atomic E-state index is -3.03. The van der Waals surface area contributed by atoms with E-state index in [-0.39, 0.29) is 11.6 Å². The average Bonchev–Trinajstić information content (AvgIpc) is 3.31. The van der Waals surface area contributed by atoms with Gasteiger partial charge in [-0.3, -0.25) is 4.68 Å². The molecule has 1 aromatic carbocycles. The fourth-order valence-electron chi connectivity index (χ4n) is 3.80. The summed E-state index contributed by atoms with van der Waals surface area (Å²) in [5, 5.41) is 16.8. The van der Waals surface area contributed by atoms with Crippen LogP contribution in [0.2, 0.25) is 0 Å². The summed E-state index contributed by atoms with van der Waals surface area (Å²) in [6.07, 6.45) is 1.71. The Morgan fingerprint density at radius 3 is 2.82 bits per heavy atom. The fourth-order valence-corrected chi connectivity index (χ4v) is 4.79. The molecule has 4 nitrogen and oxygen atoms in total. The highest BCUT2D eigenvalue weighted by atomic mass is 32.1. The first-order valence-electron chi connectivity index (χ1n) is 9.20. The van der Waals surface area contributed by atoms with E-state index < -0.39 is 5.92 Å². The average molecular weight is 398 g/mol. The molecule has 1 N–H and O–H groups in total. The van der Waals surface area contributed by atoms with Gasteiger partial charge in [-0.15, -0.1) is 11.3 Å². The van der Waals surface area contributed by atoms with Gasteiger partial charge in [0, 0.05) is 49.1 Å². The Hall–Kier alpha value is -2.56. The van der Waals surface area contributed by atoms with Crippen molar-refractivity contribution in [2.75, 3.05) is 6.54 Å². The van der Waals surface area contributed by atoms with Gasteiger partial charge >= 0.3 is 0 Å². The van der Waals surface area contributed by atoms with Gasteiger partial charge in [0.2, 0.25) is 0 Å². The van der Waals surface area contributed by atoms with Crippen LogP contribution < -0.4 is 5.32 Å². The Morgan fingerprint density at radius 2 is 2.11 bits per heavy atom. The van der Waals surface area contributed by atoms with Crippen molar-refractivity contribution in [3.05, 3.63) is 63.1 Å². The monoisotopic (exact) mass is 398 g/mol. The van der Waals surface area contributed by atoms with E-state index in [0.29, 0.717) is 23.5 Å². The Kier molecular flexibility index (Phi) is 4.77. The third kappa shape index (κ3) is 3.23. The summed E-state index contributed by atoms with van der Waals surface area (Å²) >= 11 is 1.49. The quantitative estimate of drug-likeness (QED) is 0.684. The molecule has 1 aliphatic rings. The van der Waals surface area contributed by atoms with Crippen LogP contribution in [0.25, 0.3) is 11.1 Å². The van der Waals surface area contributed by atoms with Gasteiger partial charge in [-0.05, 0) is 29.7 Å². The Balaban J connectivity index is 1.88. The molecule has 0 amide bonds. The van der Waals surface area contributed by atoms with Crippen LogP contribution in [0.3, 0.4) is 0 Å². The molecular formula is C21H20F2N4S. The summed E-state index contributed by atoms with van der Waals surface area (Å²) < 4.78 is 30.1. The molecule has 0 saturated carbocycles. The molecule has 0 saturated heterocycles. The highest BCUT2D eigenvalue weighted by molar-refractivity contribution is 7.12. The minimum absolute atomic E-state index is 0.00149. The van der Waals surface area contributed by atoms with E-state index in [2.05, 4.69) is 16.5 Å². The van der Waals surface area contributed by atoms with Crippen LogP contribution in [0.1, 0.15) is 46.3 Å². The molecule has 144 valence electrons. The number of alkyl halides is 2. The van der Waals surface area contributed by atoms with Crippen molar-refractivity contribution in [3.8, 4) is 17.2 Å². The first-order chi connectivity index (χ1) is 13.4. The number of fused-ring (bicyclic) bond motifs is 1. The molecule has 0 radical (unpaired) electrons. The second kappa shape index (κ2) is 7.12. The zero-order valence-electron chi connectivity index (χ0n) is 15.7. The fraction of sp³-hybridized carbons (Fsp3) is 0.333. The molecule has 0 spiro atoms. The maximum Gasteiger partial charge on any atom is 0.289 e. The normalized spacial score (nSPS) is 16.6. The third-order valence-corrected chi connectivity index (χ3v) is 6.14. The van der Waals surface area contributed by atoms with Gasteiger partial charge in [-0.1, -0.05) is 24.3 Å². The first-order valence-corrected chi connectivity index (χ1v) is 10.0. The molecule has 1 atom stereocenters. The van der Waals surface area contributed by atoms with Gasteiger partial charge in [0.25, 0.3) is 5.92 Å². The summed E-state index contributed by atoms with van der Waals surface area (Å²) in [6.45, 7) is 4.72. The van der Waals surface area contributed by atoms with Gasteiger partial charge in [-0.2, -0.15) is 19.1 Å². The summed E-state index contributed by atoms with van der Waals surface area (Å²) in [4.78, 5) is 1.81. The number of hydrogen-bond donors (Lipinski definition) is 1. The number of thiophene rings is 1. The molecule has 1 aliphatic heterocycles. The number of nitrogens with one attached hydrogen (secondary N) is 1. The summed E-state index contributed by atoms with van der Waals surface area (Å²) in [7, 11) is 0. The second-order valence-corrected chi connectivity index (χ2v) is 8.14. The van der Waals surface area contributed by atoms with Crippen LogP contribution in [0.5, 0.6) is 0 Å². The smallest absolute Gasteiger partial charge is 0.289 e. The van der Waals surface area contributed by atoms with Crippen LogP contribution in [-0.2, 0) is 19.0 Å². The Morgan fingerprint density at radius 1 is 1.32 bits per heavy atom. The maximum atomic E-state index is 14.3. The number of nitriles is 1. The standard InChI is InChI=1S/C21H20F2N4S/c1-3-27-12-18(20(26-27)21(2,22)23)15-7-5-4-6-14(15)17-10-25-11-19-16(17)8-13(9-24)28-19/h4-8,12,17,25H,3,10-11H2,1-2H3/t17-/m0/s1. The van der Waals surface area contributed by atoms with Gasteiger partial charge in [0.1, 0.15) is 16.6 Å². The summed E-state index contributed by atoms with van der Waals surface area (Å²) in [5.74, 6) is -3.03. The molecule has 2 aromatic heterocycles. The van der Waals surface area contributed by atoms with E-state index in [9.17, 15) is 14.0 Å². The molecule has 7 heteroatoms. The van der Waals surface area contributed by atoms with Crippen molar-refractivity contribution in [3.63, 3.8) is 0 Å². The van der Waals surface area contributed by atoms with Crippen LogP contribution in [0, 0.1) is 11.3 Å². The Bertz CT molecular complexity index is 1060. The van der Waals surface area contributed by atoms with Crippen LogP contribution in [0.4, 0.5) is 8.78 Å². The number of nitrogens with zero attached hydrogens (tertiary/aromatic N) is 3. The molecular weight excluding hydrogens is 378 g/mol. The number of aryl methyl sites for hydroxylation is 1. The lowest BCUT2D eigenvalue weighted by molar-refractivity contribution is 0.0127. The lowest BCUT2D eigenvalue weighted by Gasteiger charge is -2.26. The largest absolute Gasteiger partial charge is 0.311 e. The van der Waals surface area contributed by atoms with Crippen LogP contribution in [-0.4, -0.2) is 16.3 Å². The van der Waals surface area contributed by atoms with Gasteiger partial charge in [-0.25, -0.2) is 0 Å². The Labute approximate surface area is 166 Å². The summed E-state index contributed by atoms with van der Waals surface area (Å²) in [5.41, 5.74) is 3.12. The van der Waals surface area contributed by atoms with E-state index in [1.807, 2.05) is 37.3 Å². The predicted octanol–water partition coefficient (Wildman–Crippen LogP) is 4.85. The minimum Gasteiger partial charge on any atom is -0.311 e. The van der Waals surface area contributed by atoms with E-state index in [0.717, 1.165) is 35.0 Å². The van der Waals surface area contributed by atoms with Crippen molar-refractivity contribution >= 4 is 11.3 Å². The SMILES string of the molecule is CCn1cc(-c2ccccc2[C@@H]2CNCc3sc(C#N)cc32)c(C(C)(F)F)n1. The lowest BCUT2D eigenvalue weighted by Crippen LogP contribution is -2.27. The molecule has 0 bridgehead atoms. The molecule has 0 aliphatic carbocycles. The number of halogens is 2. The topological polar surface area (TPSA) is 53.6 Å². The highest BCUT2D eigenvalue weighted by Gasteiger charge is 2.34. The van der Waals surface area contributed by atoms with Crippen LogP contribution in [0.15, 0.2) is 36.5 Å². The van der Waals surface area contributed by atoms with Gasteiger partial charge < -0.3 is 5.32 Å². The van der Waals surface area contributed by atoms with Crippen molar-refractivity contribution in [1.29, 1.82) is 5.26 Å². The number of aromatic nitrogens is 2. The number of hydrogen-bond acceptors (Lipinski definition) is 4. The van der Waals surface area contributed by atoms with Crippen molar-refractivity contribution in [2.45, 2.75) is 38.8 Å². The van der Waals surface area contributed by atoms with Crippen molar-refractivity contribution in [1.82, 2.24) is 15.1 Å². The number of rotatable bonds is 4.